The van der Waals surface area contributed by atoms with E-state index in [4.69, 9.17) is 4.74 Å². The van der Waals surface area contributed by atoms with Crippen LogP contribution in [0.15, 0.2) is 36.4 Å². The van der Waals surface area contributed by atoms with Gasteiger partial charge < -0.3 is 4.74 Å². The third-order valence-corrected chi connectivity index (χ3v) is 4.81. The van der Waals surface area contributed by atoms with Gasteiger partial charge in [-0.2, -0.15) is 18.2 Å². The molecule has 1 aliphatic rings. The molecule has 2 aromatic rings. The highest BCUT2D eigenvalue weighted by Crippen LogP contribution is 2.43. The summed E-state index contributed by atoms with van der Waals surface area (Å²) in [4.78, 5) is 11.8. The van der Waals surface area contributed by atoms with Crippen LogP contribution in [0.25, 0.3) is 10.8 Å². The monoisotopic (exact) mass is 394 g/mol. The lowest BCUT2D eigenvalue weighted by Crippen LogP contribution is -2.51. The fourth-order valence-corrected chi connectivity index (χ4v) is 3.52. The Hall–Kier alpha value is -2.28. The largest absolute Gasteiger partial charge is 0.493 e. The van der Waals surface area contributed by atoms with E-state index in [0.29, 0.717) is 23.7 Å². The van der Waals surface area contributed by atoms with Crippen molar-refractivity contribution in [1.82, 2.24) is 10.4 Å². The lowest BCUT2D eigenvalue weighted by atomic mass is 9.95. The first-order valence-corrected chi connectivity index (χ1v) is 9.30. The van der Waals surface area contributed by atoms with Gasteiger partial charge in [0.2, 0.25) is 5.91 Å². The lowest BCUT2D eigenvalue weighted by Gasteiger charge is -2.38. The number of hydrazine groups is 1. The zero-order chi connectivity index (χ0) is 20.7. The number of carbonyl (C=O) groups is 1. The number of hydrogen-bond donors (Lipinski definition) is 1. The molecule has 1 atom stereocenters. The molecule has 1 saturated heterocycles. The van der Waals surface area contributed by atoms with E-state index in [1.165, 1.54) is 12.1 Å². The van der Waals surface area contributed by atoms with Gasteiger partial charge in [-0.15, -0.1) is 0 Å². The third kappa shape index (κ3) is 4.09. The van der Waals surface area contributed by atoms with Crippen LogP contribution < -0.4 is 10.2 Å². The van der Waals surface area contributed by atoms with E-state index in [2.05, 4.69) is 5.43 Å². The van der Waals surface area contributed by atoms with Gasteiger partial charge >= 0.3 is 6.18 Å². The number of alkyl halides is 3. The maximum absolute atomic E-state index is 14.1. The number of hydrogen-bond acceptors (Lipinski definition) is 3. The molecule has 0 saturated carbocycles. The summed E-state index contributed by atoms with van der Waals surface area (Å²) in [5.74, 6) is 0.432. The van der Waals surface area contributed by atoms with Crippen LogP contribution in [0.2, 0.25) is 0 Å². The SMILES string of the molecule is CC(C)COc1cccc2ccc([C@H](N3NC(=O)CC3(C)C)C(F)(F)F)cc12. The summed E-state index contributed by atoms with van der Waals surface area (Å²) in [6.07, 6.45) is -4.55. The number of nitrogens with one attached hydrogen (secondary N) is 1. The molecule has 152 valence electrons. The van der Waals surface area contributed by atoms with Crippen LogP contribution in [0, 0.1) is 5.92 Å². The van der Waals surface area contributed by atoms with E-state index in [9.17, 15) is 18.0 Å². The van der Waals surface area contributed by atoms with Gasteiger partial charge in [0.1, 0.15) is 5.75 Å². The Morgan fingerprint density at radius 1 is 1.21 bits per heavy atom. The first-order valence-electron chi connectivity index (χ1n) is 9.30. The Balaban J connectivity index is 2.08. The minimum absolute atomic E-state index is 0.00983. The van der Waals surface area contributed by atoms with Crippen LogP contribution in [-0.2, 0) is 4.79 Å². The molecule has 0 bridgehead atoms. The number of benzene rings is 2. The quantitative estimate of drug-likeness (QED) is 0.777. The molecule has 1 N–H and O–H groups in total. The predicted octanol–water partition coefficient (Wildman–Crippen LogP) is 4.99. The summed E-state index contributed by atoms with van der Waals surface area (Å²) in [6, 6.07) is 8.12. The Labute approximate surface area is 162 Å². The average Bonchev–Trinajstić information content (AvgIpc) is 2.83. The Bertz CT molecular complexity index is 878. The number of amides is 1. The third-order valence-electron chi connectivity index (χ3n) is 4.81. The molecule has 1 amide bonds. The van der Waals surface area contributed by atoms with Gasteiger partial charge in [0.05, 0.1) is 6.61 Å². The van der Waals surface area contributed by atoms with Crippen molar-refractivity contribution in [2.45, 2.75) is 51.9 Å². The molecule has 1 fully saturated rings. The van der Waals surface area contributed by atoms with Crippen molar-refractivity contribution >= 4 is 16.7 Å². The summed E-state index contributed by atoms with van der Waals surface area (Å²) < 4.78 is 48.0. The van der Waals surface area contributed by atoms with Crippen LogP contribution in [0.3, 0.4) is 0 Å². The number of halogens is 3. The normalized spacial score (nSPS) is 18.5. The van der Waals surface area contributed by atoms with Crippen molar-refractivity contribution in [3.63, 3.8) is 0 Å². The van der Waals surface area contributed by atoms with Crippen molar-refractivity contribution in [1.29, 1.82) is 0 Å². The zero-order valence-electron chi connectivity index (χ0n) is 16.4. The predicted molar refractivity (Wildman–Crippen MR) is 102 cm³/mol. The Morgan fingerprint density at radius 2 is 1.93 bits per heavy atom. The molecule has 0 unspecified atom stereocenters. The summed E-state index contributed by atoms with van der Waals surface area (Å²) >= 11 is 0. The fourth-order valence-electron chi connectivity index (χ4n) is 3.52. The summed E-state index contributed by atoms with van der Waals surface area (Å²) in [7, 11) is 0. The summed E-state index contributed by atoms with van der Waals surface area (Å²) in [5.41, 5.74) is 1.50. The smallest absolute Gasteiger partial charge is 0.409 e. The molecule has 0 spiro atoms. The molecule has 0 aliphatic carbocycles. The van der Waals surface area contributed by atoms with Crippen LogP contribution in [-0.4, -0.2) is 29.2 Å². The molecular formula is C21H25F3N2O2. The maximum Gasteiger partial charge on any atom is 0.409 e. The van der Waals surface area contributed by atoms with Crippen molar-refractivity contribution < 1.29 is 22.7 Å². The first kappa shape index (κ1) is 20.5. The highest BCUT2D eigenvalue weighted by Gasteiger charge is 2.53. The van der Waals surface area contributed by atoms with Gasteiger partial charge in [-0.25, -0.2) is 0 Å². The minimum atomic E-state index is -4.56. The van der Waals surface area contributed by atoms with Crippen molar-refractivity contribution in [3.8, 4) is 5.75 Å². The second kappa shape index (κ2) is 7.28. The lowest BCUT2D eigenvalue weighted by molar-refractivity contribution is -0.203. The second-order valence-electron chi connectivity index (χ2n) is 8.28. The van der Waals surface area contributed by atoms with Gasteiger partial charge in [-0.05, 0) is 42.8 Å². The molecule has 28 heavy (non-hydrogen) atoms. The van der Waals surface area contributed by atoms with Gasteiger partial charge in [0.15, 0.2) is 6.04 Å². The summed E-state index contributed by atoms with van der Waals surface area (Å²) in [6.45, 7) is 7.74. The minimum Gasteiger partial charge on any atom is -0.493 e. The molecule has 0 aromatic heterocycles. The van der Waals surface area contributed by atoms with Crippen LogP contribution >= 0.6 is 0 Å². The van der Waals surface area contributed by atoms with Crippen LogP contribution in [0.1, 0.15) is 45.7 Å². The van der Waals surface area contributed by atoms with E-state index >= 15 is 0 Å². The van der Waals surface area contributed by atoms with Gasteiger partial charge in [-0.3, -0.25) is 10.2 Å². The molecule has 0 radical (unpaired) electrons. The van der Waals surface area contributed by atoms with Gasteiger partial charge in [0, 0.05) is 17.3 Å². The first-order chi connectivity index (χ1) is 13.0. The average molecular weight is 394 g/mol. The zero-order valence-corrected chi connectivity index (χ0v) is 16.4. The number of rotatable bonds is 5. The van der Waals surface area contributed by atoms with Gasteiger partial charge in [-0.1, -0.05) is 38.1 Å². The number of ether oxygens (including phenoxy) is 1. The highest BCUT2D eigenvalue weighted by atomic mass is 19.4. The van der Waals surface area contributed by atoms with E-state index in [1.54, 1.807) is 26.0 Å². The van der Waals surface area contributed by atoms with Crippen LogP contribution in [0.4, 0.5) is 13.2 Å². The maximum atomic E-state index is 14.1. The number of fused-ring (bicyclic) bond motifs is 1. The topological polar surface area (TPSA) is 41.6 Å². The summed E-state index contributed by atoms with van der Waals surface area (Å²) in [5, 5.41) is 2.45. The van der Waals surface area contributed by atoms with E-state index in [0.717, 1.165) is 10.4 Å². The van der Waals surface area contributed by atoms with Gasteiger partial charge in [0.25, 0.3) is 0 Å². The van der Waals surface area contributed by atoms with Crippen molar-refractivity contribution in [2.75, 3.05) is 6.61 Å². The van der Waals surface area contributed by atoms with E-state index < -0.39 is 23.7 Å². The van der Waals surface area contributed by atoms with E-state index in [-0.39, 0.29) is 12.0 Å². The molecule has 2 aromatic carbocycles. The van der Waals surface area contributed by atoms with Crippen molar-refractivity contribution in [3.05, 3.63) is 42.0 Å². The van der Waals surface area contributed by atoms with Crippen LogP contribution in [0.5, 0.6) is 5.75 Å². The molecule has 3 rings (SSSR count). The Morgan fingerprint density at radius 3 is 2.50 bits per heavy atom. The number of carbonyl (C=O) groups excluding carboxylic acids is 1. The Kier molecular flexibility index (Phi) is 5.32. The molecule has 4 nitrogen and oxygen atoms in total. The fraction of sp³-hybridized carbons (Fsp3) is 0.476. The molecular weight excluding hydrogens is 369 g/mol. The van der Waals surface area contributed by atoms with E-state index in [1.807, 2.05) is 26.0 Å². The number of nitrogens with zero attached hydrogens (tertiary/aromatic N) is 1. The standard InChI is InChI=1S/C21H25F3N2O2/c1-13(2)12-28-17-7-5-6-14-8-9-15(10-16(14)17)19(21(22,23)24)26-20(3,4)11-18(27)25-26/h5-10,13,19H,11-12H2,1-4H3,(H,25,27)/t19-/m0/s1. The highest BCUT2D eigenvalue weighted by molar-refractivity contribution is 5.89. The molecule has 1 aliphatic heterocycles. The molecule has 1 heterocycles. The molecule has 7 heteroatoms. The second-order valence-corrected chi connectivity index (χ2v) is 8.28. The van der Waals surface area contributed by atoms with Crippen molar-refractivity contribution in [2.24, 2.45) is 5.92 Å².